The van der Waals surface area contributed by atoms with Crippen molar-refractivity contribution in [2.24, 2.45) is 23.2 Å². The van der Waals surface area contributed by atoms with Crippen molar-refractivity contribution in [1.29, 1.82) is 0 Å². The molecule has 1 heterocycles. The summed E-state index contributed by atoms with van der Waals surface area (Å²) in [7, 11) is 0. The van der Waals surface area contributed by atoms with Crippen LogP contribution in [0.5, 0.6) is 0 Å². The van der Waals surface area contributed by atoms with Crippen molar-refractivity contribution in [2.75, 3.05) is 18.4 Å². The number of hydrogen-bond donors (Lipinski definition) is 2. The van der Waals surface area contributed by atoms with Crippen LogP contribution in [-0.2, 0) is 0 Å². The number of nitrogens with zero attached hydrogens (tertiary/aromatic N) is 1. The molecule has 2 aromatic rings. The first kappa shape index (κ1) is 20.5. The molecule has 6 rings (SSSR count). The first-order valence-electron chi connectivity index (χ1n) is 11.7. The van der Waals surface area contributed by atoms with Crippen LogP contribution >= 0.6 is 11.6 Å². The number of aromatic nitrogens is 1. The van der Waals surface area contributed by atoms with Gasteiger partial charge in [0.05, 0.1) is 17.4 Å². The van der Waals surface area contributed by atoms with Crippen LogP contribution in [0.1, 0.15) is 58.3 Å². The van der Waals surface area contributed by atoms with Gasteiger partial charge in [0.15, 0.2) is 5.82 Å². The van der Waals surface area contributed by atoms with E-state index in [2.05, 4.69) is 22.5 Å². The molecule has 0 radical (unpaired) electrons. The molecular weight excluding hydrogens is 397 g/mol. The molecular formula is C25H33ClFN3. The van der Waals surface area contributed by atoms with Gasteiger partial charge in [0, 0.05) is 16.5 Å². The molecule has 4 aliphatic rings. The van der Waals surface area contributed by atoms with Crippen molar-refractivity contribution in [1.82, 2.24) is 10.3 Å². The van der Waals surface area contributed by atoms with E-state index in [0.717, 1.165) is 42.7 Å². The summed E-state index contributed by atoms with van der Waals surface area (Å²) >= 11 is 6.05. The Balaban J connectivity index is 1.10. The van der Waals surface area contributed by atoms with E-state index in [9.17, 15) is 4.39 Å². The van der Waals surface area contributed by atoms with Gasteiger partial charge in [-0.1, -0.05) is 11.6 Å². The van der Waals surface area contributed by atoms with E-state index in [0.29, 0.717) is 21.6 Å². The lowest BCUT2D eigenvalue weighted by Crippen LogP contribution is -2.47. The summed E-state index contributed by atoms with van der Waals surface area (Å²) in [6.07, 6.45) is 12.6. The SMILES string of the molecule is CC(CCNCCC12CC3CC(CC(C3)C1)C2)Nc1c(F)cnc2cc(Cl)ccc12. The summed E-state index contributed by atoms with van der Waals surface area (Å²) in [5.74, 6) is 2.77. The van der Waals surface area contributed by atoms with Gasteiger partial charge in [-0.25, -0.2) is 4.39 Å². The molecule has 2 N–H and O–H groups in total. The number of hydrogen-bond acceptors (Lipinski definition) is 3. The smallest absolute Gasteiger partial charge is 0.165 e. The number of pyridine rings is 1. The van der Waals surface area contributed by atoms with E-state index < -0.39 is 0 Å². The van der Waals surface area contributed by atoms with Crippen molar-refractivity contribution in [3.63, 3.8) is 0 Å². The summed E-state index contributed by atoms with van der Waals surface area (Å²) in [5, 5.41) is 8.43. The average Bonchev–Trinajstić information content (AvgIpc) is 2.69. The maximum Gasteiger partial charge on any atom is 0.165 e. The van der Waals surface area contributed by atoms with Gasteiger partial charge in [0.2, 0.25) is 0 Å². The van der Waals surface area contributed by atoms with Crippen LogP contribution in [0.4, 0.5) is 10.1 Å². The van der Waals surface area contributed by atoms with Gasteiger partial charge >= 0.3 is 0 Å². The molecule has 30 heavy (non-hydrogen) atoms. The Labute approximate surface area is 184 Å². The van der Waals surface area contributed by atoms with Gasteiger partial charge in [-0.3, -0.25) is 4.98 Å². The molecule has 4 bridgehead atoms. The second-order valence-corrected chi connectivity index (χ2v) is 10.8. The molecule has 1 unspecified atom stereocenters. The summed E-state index contributed by atoms with van der Waals surface area (Å²) in [6, 6.07) is 5.57. The Kier molecular flexibility index (Phi) is 5.66. The van der Waals surface area contributed by atoms with E-state index in [4.69, 9.17) is 11.6 Å². The Morgan fingerprint density at radius 2 is 1.83 bits per heavy atom. The maximum absolute atomic E-state index is 14.4. The molecule has 0 amide bonds. The van der Waals surface area contributed by atoms with Crippen molar-refractivity contribution >= 4 is 28.2 Å². The van der Waals surface area contributed by atoms with Crippen molar-refractivity contribution in [3.8, 4) is 0 Å². The number of anilines is 1. The number of rotatable bonds is 8. The summed E-state index contributed by atoms with van der Waals surface area (Å²) in [5.41, 5.74) is 1.89. The number of benzene rings is 1. The fourth-order valence-electron chi connectivity index (χ4n) is 7.00. The zero-order valence-electron chi connectivity index (χ0n) is 17.9. The third-order valence-corrected chi connectivity index (χ3v) is 8.16. The molecule has 0 spiro atoms. The fourth-order valence-corrected chi connectivity index (χ4v) is 7.17. The third kappa shape index (κ3) is 4.18. The zero-order valence-corrected chi connectivity index (χ0v) is 18.6. The number of nitrogens with one attached hydrogen (secondary N) is 2. The van der Waals surface area contributed by atoms with Crippen molar-refractivity contribution < 1.29 is 4.39 Å². The van der Waals surface area contributed by atoms with Crippen LogP contribution in [0, 0.1) is 29.0 Å². The number of fused-ring (bicyclic) bond motifs is 1. The highest BCUT2D eigenvalue weighted by Gasteiger charge is 2.50. The summed E-state index contributed by atoms with van der Waals surface area (Å²) in [4.78, 5) is 4.16. The number of halogens is 2. The Hall–Kier alpha value is -1.39. The van der Waals surface area contributed by atoms with E-state index >= 15 is 0 Å². The maximum atomic E-state index is 14.4. The van der Waals surface area contributed by atoms with Gasteiger partial charge in [-0.15, -0.1) is 0 Å². The minimum atomic E-state index is -0.313. The molecule has 0 aliphatic heterocycles. The molecule has 3 nitrogen and oxygen atoms in total. The van der Waals surface area contributed by atoms with E-state index in [-0.39, 0.29) is 11.9 Å². The van der Waals surface area contributed by atoms with Gasteiger partial charge in [0.1, 0.15) is 0 Å². The first-order valence-corrected chi connectivity index (χ1v) is 12.1. The highest BCUT2D eigenvalue weighted by atomic mass is 35.5. The second-order valence-electron chi connectivity index (χ2n) is 10.4. The van der Waals surface area contributed by atoms with Gasteiger partial charge in [-0.05, 0) is 113 Å². The lowest BCUT2D eigenvalue weighted by atomic mass is 9.49. The predicted octanol–water partition coefficient (Wildman–Crippen LogP) is 6.41. The van der Waals surface area contributed by atoms with Gasteiger partial charge in [-0.2, -0.15) is 0 Å². The molecule has 5 heteroatoms. The Morgan fingerprint density at radius 1 is 1.13 bits per heavy atom. The quantitative estimate of drug-likeness (QED) is 0.476. The third-order valence-electron chi connectivity index (χ3n) is 7.93. The average molecular weight is 430 g/mol. The predicted molar refractivity (Wildman–Crippen MR) is 123 cm³/mol. The molecule has 4 saturated carbocycles. The van der Waals surface area contributed by atoms with Crippen molar-refractivity contribution in [2.45, 2.75) is 64.3 Å². The fraction of sp³-hybridized carbons (Fsp3) is 0.640. The molecule has 1 aromatic carbocycles. The highest BCUT2D eigenvalue weighted by molar-refractivity contribution is 6.31. The van der Waals surface area contributed by atoms with E-state index in [1.54, 1.807) is 12.1 Å². The second kappa shape index (κ2) is 8.27. The van der Waals surface area contributed by atoms with Crippen LogP contribution in [0.2, 0.25) is 5.02 Å². The minimum Gasteiger partial charge on any atom is -0.380 e. The zero-order chi connectivity index (χ0) is 20.7. The van der Waals surface area contributed by atoms with Crippen molar-refractivity contribution in [3.05, 3.63) is 35.2 Å². The highest BCUT2D eigenvalue weighted by Crippen LogP contribution is 2.61. The van der Waals surface area contributed by atoms with Crippen LogP contribution in [0.3, 0.4) is 0 Å². The van der Waals surface area contributed by atoms with Crippen LogP contribution in [-0.4, -0.2) is 24.1 Å². The van der Waals surface area contributed by atoms with Gasteiger partial charge in [0.25, 0.3) is 0 Å². The molecule has 4 aliphatic carbocycles. The topological polar surface area (TPSA) is 37.0 Å². The first-order chi connectivity index (χ1) is 14.5. The minimum absolute atomic E-state index is 0.174. The normalized spacial score (nSPS) is 30.7. The van der Waals surface area contributed by atoms with E-state index in [1.807, 2.05) is 6.07 Å². The Morgan fingerprint density at radius 3 is 2.53 bits per heavy atom. The molecule has 162 valence electrons. The molecule has 1 atom stereocenters. The standard InChI is InChI=1S/C25H33ClFN3/c1-16(30-24-21-3-2-20(26)11-23(21)29-15-22(24)27)4-6-28-7-5-25-12-17-8-18(13-25)10-19(9-17)14-25/h2-3,11,15-19,28H,4-10,12-14H2,1H3,(H,29,30). The largest absolute Gasteiger partial charge is 0.380 e. The van der Waals surface area contributed by atoms with E-state index in [1.165, 1.54) is 51.1 Å². The molecule has 1 aromatic heterocycles. The van der Waals surface area contributed by atoms with Gasteiger partial charge < -0.3 is 10.6 Å². The Bertz CT molecular complexity index is 879. The van der Waals surface area contributed by atoms with Crippen LogP contribution in [0.25, 0.3) is 10.9 Å². The van der Waals surface area contributed by atoms with Crippen LogP contribution < -0.4 is 10.6 Å². The summed E-state index contributed by atoms with van der Waals surface area (Å²) in [6.45, 7) is 4.18. The molecule has 0 saturated heterocycles. The summed E-state index contributed by atoms with van der Waals surface area (Å²) < 4.78 is 14.4. The monoisotopic (exact) mass is 429 g/mol. The van der Waals surface area contributed by atoms with Crippen LogP contribution in [0.15, 0.2) is 24.4 Å². The lowest BCUT2D eigenvalue weighted by molar-refractivity contribution is -0.0567. The lowest BCUT2D eigenvalue weighted by Gasteiger charge is -2.57. The molecule has 4 fully saturated rings.